The molecule has 0 aliphatic carbocycles. The third kappa shape index (κ3) is 2.60. The number of carboxylic acid groups (broad SMARTS) is 1. The topological polar surface area (TPSA) is 54.4 Å². The first-order valence-electron chi connectivity index (χ1n) is 4.01. The molecule has 0 amide bonds. The number of alkyl halides is 3. The van der Waals surface area contributed by atoms with Gasteiger partial charge in [0, 0.05) is 6.26 Å². The zero-order chi connectivity index (χ0) is 12.5. The maximum absolute atomic E-state index is 12.5. The summed E-state index contributed by atoms with van der Waals surface area (Å²) in [5.74, 6) is -1.36. The molecule has 16 heavy (non-hydrogen) atoms. The van der Waals surface area contributed by atoms with Crippen LogP contribution in [0.25, 0.3) is 0 Å². The van der Waals surface area contributed by atoms with E-state index < -0.39 is 33.4 Å². The lowest BCUT2D eigenvalue weighted by Gasteiger charge is -2.11. The quantitative estimate of drug-likeness (QED) is 0.877. The predicted octanol–water partition coefficient (Wildman–Crippen LogP) is 2.14. The molecule has 88 valence electrons. The van der Waals surface area contributed by atoms with E-state index in [0.29, 0.717) is 6.07 Å². The molecule has 0 bridgehead atoms. The molecule has 1 unspecified atom stereocenters. The van der Waals surface area contributed by atoms with E-state index in [0.717, 1.165) is 18.4 Å². The Morgan fingerprint density at radius 1 is 1.38 bits per heavy atom. The summed E-state index contributed by atoms with van der Waals surface area (Å²) in [6, 6.07) is 2.24. The fraction of sp³-hybridized carbons (Fsp3) is 0.222. The minimum atomic E-state index is -4.64. The Morgan fingerprint density at radius 2 is 1.94 bits per heavy atom. The minimum absolute atomic E-state index is 0.321. The van der Waals surface area contributed by atoms with Gasteiger partial charge in [-0.2, -0.15) is 13.2 Å². The largest absolute Gasteiger partial charge is 0.478 e. The summed E-state index contributed by atoms with van der Waals surface area (Å²) in [5.41, 5.74) is -1.39. The van der Waals surface area contributed by atoms with Gasteiger partial charge < -0.3 is 5.11 Å². The van der Waals surface area contributed by atoms with Crippen LogP contribution in [0.2, 0.25) is 0 Å². The third-order valence-electron chi connectivity index (χ3n) is 1.84. The van der Waals surface area contributed by atoms with E-state index >= 15 is 0 Å². The van der Waals surface area contributed by atoms with Crippen LogP contribution in [0.15, 0.2) is 23.1 Å². The molecule has 0 radical (unpaired) electrons. The molecule has 1 aromatic rings. The third-order valence-corrected chi connectivity index (χ3v) is 2.80. The van der Waals surface area contributed by atoms with Crippen molar-refractivity contribution in [3.63, 3.8) is 0 Å². The van der Waals surface area contributed by atoms with Crippen molar-refractivity contribution in [3.05, 3.63) is 29.3 Å². The molecule has 0 saturated carbocycles. The summed E-state index contributed by atoms with van der Waals surface area (Å²) >= 11 is 0. The van der Waals surface area contributed by atoms with Gasteiger partial charge in [0.1, 0.15) is 0 Å². The minimum Gasteiger partial charge on any atom is -0.478 e. The Balaban J connectivity index is 3.43. The lowest BCUT2D eigenvalue weighted by atomic mass is 10.1. The van der Waals surface area contributed by atoms with Crippen LogP contribution in [0.3, 0.4) is 0 Å². The van der Waals surface area contributed by atoms with Crippen molar-refractivity contribution in [1.29, 1.82) is 0 Å². The molecule has 1 rings (SSSR count). The molecule has 0 spiro atoms. The van der Waals surface area contributed by atoms with E-state index in [1.54, 1.807) is 0 Å². The first-order valence-corrected chi connectivity index (χ1v) is 5.57. The first kappa shape index (κ1) is 12.7. The van der Waals surface area contributed by atoms with E-state index in [4.69, 9.17) is 5.11 Å². The lowest BCUT2D eigenvalue weighted by molar-refractivity contribution is -0.139. The van der Waals surface area contributed by atoms with Gasteiger partial charge in [0.2, 0.25) is 0 Å². The highest BCUT2D eigenvalue weighted by atomic mass is 32.2. The van der Waals surface area contributed by atoms with Crippen molar-refractivity contribution < 1.29 is 27.3 Å². The highest BCUT2D eigenvalue weighted by Gasteiger charge is 2.34. The summed E-state index contributed by atoms with van der Waals surface area (Å²) < 4.78 is 48.5. The van der Waals surface area contributed by atoms with Crippen molar-refractivity contribution in [1.82, 2.24) is 0 Å². The Labute approximate surface area is 91.4 Å². The fourth-order valence-electron chi connectivity index (χ4n) is 1.13. The predicted molar refractivity (Wildman–Crippen MR) is 50.7 cm³/mol. The van der Waals surface area contributed by atoms with Crippen LogP contribution in [-0.4, -0.2) is 21.5 Å². The second-order valence-electron chi connectivity index (χ2n) is 2.97. The summed E-state index contributed by atoms with van der Waals surface area (Å²) in [6.07, 6.45) is -3.58. The van der Waals surface area contributed by atoms with E-state index in [1.165, 1.54) is 0 Å². The Hall–Kier alpha value is -1.37. The smallest absolute Gasteiger partial charge is 0.417 e. The zero-order valence-electron chi connectivity index (χ0n) is 8.04. The van der Waals surface area contributed by atoms with Gasteiger partial charge in [0.15, 0.2) is 0 Å². The first-order chi connectivity index (χ1) is 7.23. The normalized spacial score (nSPS) is 13.5. The average molecular weight is 252 g/mol. The molecule has 0 fully saturated rings. The van der Waals surface area contributed by atoms with Crippen LogP contribution in [0.5, 0.6) is 0 Å². The SMILES string of the molecule is CS(=O)c1cc(C(=O)O)ccc1C(F)(F)F. The van der Waals surface area contributed by atoms with Crippen molar-refractivity contribution >= 4 is 16.8 Å². The van der Waals surface area contributed by atoms with Crippen molar-refractivity contribution in [2.75, 3.05) is 6.26 Å². The highest BCUT2D eigenvalue weighted by Crippen LogP contribution is 2.33. The number of carboxylic acids is 1. The van der Waals surface area contributed by atoms with Gasteiger partial charge in [0.25, 0.3) is 0 Å². The second-order valence-corrected chi connectivity index (χ2v) is 4.32. The van der Waals surface area contributed by atoms with E-state index in [-0.39, 0.29) is 5.56 Å². The van der Waals surface area contributed by atoms with Crippen LogP contribution in [0.4, 0.5) is 13.2 Å². The van der Waals surface area contributed by atoms with Gasteiger partial charge in [-0.3, -0.25) is 4.21 Å². The van der Waals surface area contributed by atoms with Gasteiger partial charge in [-0.15, -0.1) is 0 Å². The van der Waals surface area contributed by atoms with Crippen molar-refractivity contribution in [2.24, 2.45) is 0 Å². The summed E-state index contributed by atoms with van der Waals surface area (Å²) in [7, 11) is -1.90. The second kappa shape index (κ2) is 4.25. The standard InChI is InChI=1S/C9H7F3O3S/c1-16(15)7-4-5(8(13)14)2-3-6(7)9(10,11)12/h2-4H,1H3,(H,13,14). The van der Waals surface area contributed by atoms with Gasteiger partial charge in [-0.05, 0) is 18.2 Å². The van der Waals surface area contributed by atoms with Gasteiger partial charge in [0.05, 0.1) is 26.8 Å². The molecule has 0 aliphatic heterocycles. The van der Waals surface area contributed by atoms with Crippen molar-refractivity contribution in [2.45, 2.75) is 11.1 Å². The maximum atomic E-state index is 12.5. The van der Waals surface area contributed by atoms with Crippen LogP contribution < -0.4 is 0 Å². The number of aromatic carboxylic acids is 1. The molecule has 1 aromatic carbocycles. The van der Waals surface area contributed by atoms with E-state index in [1.807, 2.05) is 0 Å². The van der Waals surface area contributed by atoms with Crippen LogP contribution in [0.1, 0.15) is 15.9 Å². The van der Waals surface area contributed by atoms with Gasteiger partial charge in [-0.25, -0.2) is 4.79 Å². The molecule has 0 aliphatic rings. The van der Waals surface area contributed by atoms with Crippen LogP contribution in [0, 0.1) is 0 Å². The van der Waals surface area contributed by atoms with Crippen LogP contribution in [-0.2, 0) is 17.0 Å². The number of hydrogen-bond donors (Lipinski definition) is 1. The number of hydrogen-bond acceptors (Lipinski definition) is 2. The lowest BCUT2D eigenvalue weighted by Crippen LogP contribution is -2.11. The summed E-state index contributed by atoms with van der Waals surface area (Å²) in [4.78, 5) is 10.0. The van der Waals surface area contributed by atoms with E-state index in [2.05, 4.69) is 0 Å². The summed E-state index contributed by atoms with van der Waals surface area (Å²) in [5, 5.41) is 8.60. The Bertz CT molecular complexity index is 454. The molecule has 1 N–H and O–H groups in total. The maximum Gasteiger partial charge on any atom is 0.417 e. The number of halogens is 3. The zero-order valence-corrected chi connectivity index (χ0v) is 8.85. The van der Waals surface area contributed by atoms with Gasteiger partial charge >= 0.3 is 12.1 Å². The molecule has 7 heteroatoms. The van der Waals surface area contributed by atoms with Gasteiger partial charge in [-0.1, -0.05) is 0 Å². The molecule has 3 nitrogen and oxygen atoms in total. The Kier molecular flexibility index (Phi) is 3.37. The average Bonchev–Trinajstić information content (AvgIpc) is 2.15. The fourth-order valence-corrected chi connectivity index (χ4v) is 1.91. The van der Waals surface area contributed by atoms with Crippen molar-refractivity contribution in [3.8, 4) is 0 Å². The summed E-state index contributed by atoms with van der Waals surface area (Å²) in [6.45, 7) is 0. The number of carbonyl (C=O) groups is 1. The van der Waals surface area contributed by atoms with E-state index in [9.17, 15) is 22.2 Å². The molecule has 1 atom stereocenters. The number of rotatable bonds is 2. The van der Waals surface area contributed by atoms with Crippen LogP contribution >= 0.6 is 0 Å². The molecular formula is C9H7F3O3S. The monoisotopic (exact) mass is 252 g/mol. The number of benzene rings is 1. The molecule has 0 saturated heterocycles. The Morgan fingerprint density at radius 3 is 2.31 bits per heavy atom. The molecule has 0 aromatic heterocycles. The molecule has 0 heterocycles. The molecular weight excluding hydrogens is 245 g/mol. The highest BCUT2D eigenvalue weighted by molar-refractivity contribution is 7.84.